The quantitative estimate of drug-likeness (QED) is 0.838. The number of carbonyl (C=O) groups excluding carboxylic acids is 1. The molecule has 1 aliphatic rings. The average Bonchev–Trinajstić information content (AvgIpc) is 3.08. The molecule has 1 atom stereocenters. The molecule has 24 heavy (non-hydrogen) atoms. The monoisotopic (exact) mass is 329 g/mol. The van der Waals surface area contributed by atoms with E-state index >= 15 is 0 Å². The van der Waals surface area contributed by atoms with Crippen LogP contribution in [-0.2, 0) is 9.53 Å². The highest BCUT2D eigenvalue weighted by Gasteiger charge is 2.36. The number of allylic oxidation sites excluding steroid dienone is 1. The van der Waals surface area contributed by atoms with E-state index in [0.717, 1.165) is 11.3 Å². The van der Waals surface area contributed by atoms with E-state index in [1.807, 2.05) is 38.1 Å². The lowest BCUT2D eigenvalue weighted by molar-refractivity contribution is -0.136. The molecule has 0 amide bonds. The number of esters is 1. The summed E-state index contributed by atoms with van der Waals surface area (Å²) in [5.41, 5.74) is 2.02. The van der Waals surface area contributed by atoms with Crippen LogP contribution in [0.25, 0.3) is 0 Å². The molecule has 1 aromatic heterocycles. The normalized spacial score (nSPS) is 16.4. The Kier molecular flexibility index (Phi) is 4.45. The van der Waals surface area contributed by atoms with E-state index in [1.54, 1.807) is 4.68 Å². The van der Waals surface area contributed by atoms with Crippen molar-refractivity contribution in [2.24, 2.45) is 0 Å². The van der Waals surface area contributed by atoms with Crippen molar-refractivity contribution in [3.05, 3.63) is 41.1 Å². The van der Waals surface area contributed by atoms with Crippen LogP contribution >= 0.6 is 0 Å². The van der Waals surface area contributed by atoms with Crippen molar-refractivity contribution in [2.45, 2.75) is 26.3 Å². The summed E-state index contributed by atoms with van der Waals surface area (Å²) in [7, 11) is 1.36. The summed E-state index contributed by atoms with van der Waals surface area (Å²) in [6, 6.07) is 7.04. The Bertz CT molecular complexity index is 784. The number of para-hydroxylation sites is 1. The first-order valence-electron chi connectivity index (χ1n) is 7.79. The molecule has 2 aromatic rings. The van der Waals surface area contributed by atoms with E-state index in [-0.39, 0.29) is 0 Å². The van der Waals surface area contributed by atoms with Gasteiger partial charge < -0.3 is 14.8 Å². The van der Waals surface area contributed by atoms with Crippen LogP contribution in [0.4, 0.5) is 5.95 Å². The molecule has 0 saturated carbocycles. The van der Waals surface area contributed by atoms with Gasteiger partial charge in [-0.05, 0) is 29.8 Å². The van der Waals surface area contributed by atoms with Gasteiger partial charge >= 0.3 is 5.97 Å². The van der Waals surface area contributed by atoms with Gasteiger partial charge in [0.25, 0.3) is 0 Å². The largest absolute Gasteiger partial charge is 0.494 e. The Morgan fingerprint density at radius 2 is 2.12 bits per heavy atom. The number of rotatable bonds is 5. The van der Waals surface area contributed by atoms with Crippen LogP contribution in [0.3, 0.4) is 0 Å². The number of nitrogens with one attached hydrogen (secondary N) is 1. The lowest BCUT2D eigenvalue weighted by Gasteiger charge is -2.29. The maximum atomic E-state index is 12.5. The van der Waals surface area contributed by atoms with Gasteiger partial charge in [-0.2, -0.15) is 4.68 Å². The number of fused-ring (bicyclic) bond motifs is 1. The molecule has 3 rings (SSSR count). The second-order valence-electron chi connectivity index (χ2n) is 5.18. The van der Waals surface area contributed by atoms with E-state index in [4.69, 9.17) is 9.47 Å². The van der Waals surface area contributed by atoms with Crippen molar-refractivity contribution in [2.75, 3.05) is 19.0 Å². The summed E-state index contributed by atoms with van der Waals surface area (Å²) in [5.74, 6) is 0.748. The van der Waals surface area contributed by atoms with Crippen molar-refractivity contribution >= 4 is 11.9 Å². The Balaban J connectivity index is 2.22. The van der Waals surface area contributed by atoms with Crippen molar-refractivity contribution in [1.82, 2.24) is 20.2 Å². The molecule has 0 saturated heterocycles. The average molecular weight is 329 g/mol. The first kappa shape index (κ1) is 16.0. The zero-order valence-electron chi connectivity index (χ0n) is 13.8. The van der Waals surface area contributed by atoms with E-state index in [9.17, 15) is 4.79 Å². The first-order valence-corrected chi connectivity index (χ1v) is 7.79. The number of tetrazole rings is 1. The SMILES string of the molecule is CCOc1ccccc1[C@@H]1C(C(=O)OC)=C(CC)Nc2nnnn21. The summed E-state index contributed by atoms with van der Waals surface area (Å²) in [4.78, 5) is 12.5. The van der Waals surface area contributed by atoms with Crippen molar-refractivity contribution in [3.8, 4) is 5.75 Å². The molecule has 0 spiro atoms. The molecular weight excluding hydrogens is 310 g/mol. The number of carbonyl (C=O) groups is 1. The van der Waals surface area contributed by atoms with Crippen LogP contribution in [-0.4, -0.2) is 39.9 Å². The maximum Gasteiger partial charge on any atom is 0.338 e. The van der Waals surface area contributed by atoms with Crippen LogP contribution in [0.2, 0.25) is 0 Å². The molecule has 0 bridgehead atoms. The highest BCUT2D eigenvalue weighted by Crippen LogP contribution is 2.39. The number of ether oxygens (including phenoxy) is 2. The molecule has 1 aliphatic heterocycles. The summed E-state index contributed by atoms with van der Waals surface area (Å²) in [5, 5.41) is 14.9. The standard InChI is InChI=1S/C16H19N5O3/c1-4-11-13(15(22)23-3)14(21-16(17-11)18-19-20-21)10-8-6-7-9-12(10)24-5-2/h6-9,14H,4-5H2,1-3H3,(H,17,18,20)/t14-/m1/s1. The molecule has 126 valence electrons. The second-order valence-corrected chi connectivity index (χ2v) is 5.18. The topological polar surface area (TPSA) is 91.2 Å². The molecule has 8 heteroatoms. The van der Waals surface area contributed by atoms with E-state index < -0.39 is 12.0 Å². The lowest BCUT2D eigenvalue weighted by Crippen LogP contribution is -2.30. The van der Waals surface area contributed by atoms with Gasteiger partial charge in [0.1, 0.15) is 11.8 Å². The van der Waals surface area contributed by atoms with Crippen LogP contribution in [0.15, 0.2) is 35.5 Å². The number of benzene rings is 1. The van der Waals surface area contributed by atoms with E-state index in [1.165, 1.54) is 7.11 Å². The minimum atomic E-state index is -0.513. The molecule has 2 heterocycles. The van der Waals surface area contributed by atoms with Crippen LogP contribution < -0.4 is 10.1 Å². The Labute approximate surface area is 139 Å². The predicted molar refractivity (Wildman–Crippen MR) is 86.5 cm³/mol. The molecule has 1 aromatic carbocycles. The fraction of sp³-hybridized carbons (Fsp3) is 0.375. The zero-order chi connectivity index (χ0) is 17.1. The van der Waals surface area contributed by atoms with Crippen LogP contribution in [0.5, 0.6) is 5.75 Å². The summed E-state index contributed by atoms with van der Waals surface area (Å²) >= 11 is 0. The fourth-order valence-corrected chi connectivity index (χ4v) is 2.84. The number of anilines is 1. The smallest absolute Gasteiger partial charge is 0.338 e. The third-order valence-corrected chi connectivity index (χ3v) is 3.87. The maximum absolute atomic E-state index is 12.5. The number of nitrogens with zero attached hydrogens (tertiary/aromatic N) is 4. The number of hydrogen-bond donors (Lipinski definition) is 1. The van der Waals surface area contributed by atoms with E-state index in [0.29, 0.717) is 30.3 Å². The van der Waals surface area contributed by atoms with Gasteiger partial charge in [0.05, 0.1) is 19.3 Å². The Morgan fingerprint density at radius 1 is 1.33 bits per heavy atom. The number of methoxy groups -OCH3 is 1. The van der Waals surface area contributed by atoms with Gasteiger partial charge in [0.15, 0.2) is 0 Å². The molecule has 0 aliphatic carbocycles. The van der Waals surface area contributed by atoms with Crippen molar-refractivity contribution < 1.29 is 14.3 Å². The molecule has 1 N–H and O–H groups in total. The van der Waals surface area contributed by atoms with Gasteiger partial charge in [-0.15, -0.1) is 0 Å². The van der Waals surface area contributed by atoms with Crippen molar-refractivity contribution in [3.63, 3.8) is 0 Å². The molecule has 0 radical (unpaired) electrons. The van der Waals surface area contributed by atoms with Crippen molar-refractivity contribution in [1.29, 1.82) is 0 Å². The third kappa shape index (κ3) is 2.60. The molecule has 0 unspecified atom stereocenters. The minimum Gasteiger partial charge on any atom is -0.494 e. The molecular formula is C16H19N5O3. The highest BCUT2D eigenvalue weighted by molar-refractivity contribution is 5.92. The van der Waals surface area contributed by atoms with Gasteiger partial charge in [-0.25, -0.2) is 4.79 Å². The Morgan fingerprint density at radius 3 is 2.83 bits per heavy atom. The van der Waals surface area contributed by atoms with Gasteiger partial charge in [0, 0.05) is 11.3 Å². The highest BCUT2D eigenvalue weighted by atomic mass is 16.5. The summed E-state index contributed by atoms with van der Waals surface area (Å²) in [6.45, 7) is 4.38. The number of aromatic nitrogens is 4. The third-order valence-electron chi connectivity index (χ3n) is 3.87. The summed E-state index contributed by atoms with van der Waals surface area (Å²) < 4.78 is 12.3. The van der Waals surface area contributed by atoms with E-state index in [2.05, 4.69) is 20.8 Å². The summed E-state index contributed by atoms with van der Waals surface area (Å²) in [6.07, 6.45) is 0.616. The van der Waals surface area contributed by atoms with Gasteiger partial charge in [0.2, 0.25) is 5.95 Å². The van der Waals surface area contributed by atoms with Crippen LogP contribution in [0, 0.1) is 0 Å². The van der Waals surface area contributed by atoms with Gasteiger partial charge in [-0.1, -0.05) is 30.2 Å². The Hall–Kier alpha value is -2.90. The lowest BCUT2D eigenvalue weighted by atomic mass is 9.94. The predicted octanol–water partition coefficient (Wildman–Crippen LogP) is 1.92. The zero-order valence-corrected chi connectivity index (χ0v) is 13.8. The van der Waals surface area contributed by atoms with Gasteiger partial charge in [-0.3, -0.25) is 0 Å². The molecule has 0 fully saturated rings. The fourth-order valence-electron chi connectivity index (χ4n) is 2.84. The second kappa shape index (κ2) is 6.69. The molecule has 8 nitrogen and oxygen atoms in total. The van der Waals surface area contributed by atoms with Crippen LogP contribution in [0.1, 0.15) is 31.9 Å². The number of hydrogen-bond acceptors (Lipinski definition) is 7. The minimum absolute atomic E-state index is 0.420. The first-order chi connectivity index (χ1) is 11.7.